The standard InChI is InChI=1S/C10H15N7/c1-16(2)10-12-4-3-9(14-10)11-5-7-17-8-6-13-15-17/h3-4,6,8H,5,7H2,1-2H3,(H,11,12,14). The summed E-state index contributed by atoms with van der Waals surface area (Å²) in [6.07, 6.45) is 5.22. The Hall–Kier alpha value is -2.18. The highest BCUT2D eigenvalue weighted by atomic mass is 15.4. The van der Waals surface area contributed by atoms with Crippen LogP contribution in [0.4, 0.5) is 11.8 Å². The first-order valence-corrected chi connectivity index (χ1v) is 5.34. The van der Waals surface area contributed by atoms with Crippen LogP contribution in [0.1, 0.15) is 0 Å². The number of nitrogens with zero attached hydrogens (tertiary/aromatic N) is 6. The molecule has 2 heterocycles. The van der Waals surface area contributed by atoms with E-state index in [4.69, 9.17) is 0 Å². The fourth-order valence-electron chi connectivity index (χ4n) is 1.31. The molecule has 0 saturated carbocycles. The number of hydrogen-bond acceptors (Lipinski definition) is 6. The molecular weight excluding hydrogens is 218 g/mol. The quantitative estimate of drug-likeness (QED) is 0.798. The van der Waals surface area contributed by atoms with Gasteiger partial charge >= 0.3 is 0 Å². The average molecular weight is 233 g/mol. The summed E-state index contributed by atoms with van der Waals surface area (Å²) in [4.78, 5) is 10.4. The first kappa shape index (κ1) is 11.3. The first-order chi connectivity index (χ1) is 8.25. The lowest BCUT2D eigenvalue weighted by Gasteiger charge is -2.11. The fourth-order valence-corrected chi connectivity index (χ4v) is 1.31. The van der Waals surface area contributed by atoms with Crippen molar-refractivity contribution in [3.63, 3.8) is 0 Å². The van der Waals surface area contributed by atoms with E-state index in [1.165, 1.54) is 0 Å². The zero-order valence-electron chi connectivity index (χ0n) is 9.91. The molecule has 0 aliphatic rings. The highest BCUT2D eigenvalue weighted by Gasteiger charge is 2.00. The van der Waals surface area contributed by atoms with Gasteiger partial charge in [0.15, 0.2) is 0 Å². The average Bonchev–Trinajstić information content (AvgIpc) is 2.82. The molecule has 2 aromatic heterocycles. The van der Waals surface area contributed by atoms with Crippen molar-refractivity contribution in [2.45, 2.75) is 6.54 Å². The van der Waals surface area contributed by atoms with Gasteiger partial charge in [-0.1, -0.05) is 5.21 Å². The molecule has 90 valence electrons. The highest BCUT2D eigenvalue weighted by Crippen LogP contribution is 2.07. The van der Waals surface area contributed by atoms with Gasteiger partial charge in [-0.25, -0.2) is 4.98 Å². The molecule has 2 rings (SSSR count). The second-order valence-corrected chi connectivity index (χ2v) is 3.73. The Morgan fingerprint density at radius 3 is 2.94 bits per heavy atom. The lowest BCUT2D eigenvalue weighted by Crippen LogP contribution is -2.15. The van der Waals surface area contributed by atoms with E-state index in [9.17, 15) is 0 Å². The zero-order chi connectivity index (χ0) is 12.1. The van der Waals surface area contributed by atoms with Gasteiger partial charge in [0.2, 0.25) is 5.95 Å². The molecule has 0 saturated heterocycles. The normalized spacial score (nSPS) is 10.2. The largest absolute Gasteiger partial charge is 0.368 e. The summed E-state index contributed by atoms with van der Waals surface area (Å²) in [5.41, 5.74) is 0. The van der Waals surface area contributed by atoms with Crippen molar-refractivity contribution < 1.29 is 0 Å². The molecule has 0 bridgehead atoms. The lowest BCUT2D eigenvalue weighted by molar-refractivity contribution is 0.608. The van der Waals surface area contributed by atoms with Crippen LogP contribution in [0.25, 0.3) is 0 Å². The van der Waals surface area contributed by atoms with Crippen molar-refractivity contribution in [2.75, 3.05) is 30.9 Å². The van der Waals surface area contributed by atoms with Crippen LogP contribution in [-0.2, 0) is 6.54 Å². The number of anilines is 2. The SMILES string of the molecule is CN(C)c1nccc(NCCn2ccnn2)n1. The van der Waals surface area contributed by atoms with Gasteiger partial charge in [-0.15, -0.1) is 5.10 Å². The molecule has 0 aliphatic heterocycles. The lowest BCUT2D eigenvalue weighted by atomic mass is 10.5. The van der Waals surface area contributed by atoms with Crippen molar-refractivity contribution in [3.8, 4) is 0 Å². The molecule has 2 aromatic rings. The van der Waals surface area contributed by atoms with E-state index in [0.717, 1.165) is 18.9 Å². The van der Waals surface area contributed by atoms with Crippen molar-refractivity contribution in [1.82, 2.24) is 25.0 Å². The van der Waals surface area contributed by atoms with E-state index in [-0.39, 0.29) is 0 Å². The summed E-state index contributed by atoms with van der Waals surface area (Å²) in [5.74, 6) is 1.50. The third-order valence-corrected chi connectivity index (χ3v) is 2.16. The first-order valence-electron chi connectivity index (χ1n) is 5.34. The fraction of sp³-hybridized carbons (Fsp3) is 0.400. The summed E-state index contributed by atoms with van der Waals surface area (Å²) in [5, 5.41) is 10.8. The van der Waals surface area contributed by atoms with Crippen LogP contribution < -0.4 is 10.2 Å². The van der Waals surface area contributed by atoms with Crippen LogP contribution in [0.2, 0.25) is 0 Å². The number of nitrogens with one attached hydrogen (secondary N) is 1. The van der Waals surface area contributed by atoms with Crippen molar-refractivity contribution in [3.05, 3.63) is 24.7 Å². The summed E-state index contributed by atoms with van der Waals surface area (Å²) < 4.78 is 1.76. The molecule has 7 heteroatoms. The zero-order valence-corrected chi connectivity index (χ0v) is 9.91. The van der Waals surface area contributed by atoms with Crippen LogP contribution in [0.5, 0.6) is 0 Å². The van der Waals surface area contributed by atoms with Crippen LogP contribution in [0.15, 0.2) is 24.7 Å². The maximum atomic E-state index is 4.35. The van der Waals surface area contributed by atoms with Crippen molar-refractivity contribution >= 4 is 11.8 Å². The van der Waals surface area contributed by atoms with Gasteiger partial charge in [-0.05, 0) is 6.07 Å². The molecule has 17 heavy (non-hydrogen) atoms. The molecule has 0 fully saturated rings. The molecule has 0 spiro atoms. The third-order valence-electron chi connectivity index (χ3n) is 2.16. The van der Waals surface area contributed by atoms with Gasteiger partial charge in [0.1, 0.15) is 5.82 Å². The van der Waals surface area contributed by atoms with Gasteiger partial charge in [0, 0.05) is 33.0 Å². The van der Waals surface area contributed by atoms with E-state index < -0.39 is 0 Å². The van der Waals surface area contributed by atoms with Crippen LogP contribution in [0, 0.1) is 0 Å². The molecule has 7 nitrogen and oxygen atoms in total. The molecule has 0 atom stereocenters. The maximum absolute atomic E-state index is 4.35. The predicted molar refractivity (Wildman–Crippen MR) is 64.9 cm³/mol. The predicted octanol–water partition coefficient (Wildman–Crippen LogP) is 0.246. The van der Waals surface area contributed by atoms with E-state index >= 15 is 0 Å². The minimum atomic E-state index is 0.691. The monoisotopic (exact) mass is 233 g/mol. The molecule has 0 aliphatic carbocycles. The van der Waals surface area contributed by atoms with Gasteiger partial charge in [0.25, 0.3) is 0 Å². The van der Waals surface area contributed by atoms with Gasteiger partial charge in [0.05, 0.1) is 12.7 Å². The molecule has 1 N–H and O–H groups in total. The second kappa shape index (κ2) is 5.24. The number of aromatic nitrogens is 5. The summed E-state index contributed by atoms with van der Waals surface area (Å²) >= 11 is 0. The molecule has 0 amide bonds. The Balaban J connectivity index is 1.88. The van der Waals surface area contributed by atoms with E-state index in [2.05, 4.69) is 25.6 Å². The topological polar surface area (TPSA) is 71.8 Å². The van der Waals surface area contributed by atoms with Gasteiger partial charge < -0.3 is 10.2 Å². The van der Waals surface area contributed by atoms with E-state index in [1.807, 2.05) is 31.3 Å². The Morgan fingerprint density at radius 1 is 1.35 bits per heavy atom. The number of hydrogen-bond donors (Lipinski definition) is 1. The van der Waals surface area contributed by atoms with E-state index in [0.29, 0.717) is 5.95 Å². The van der Waals surface area contributed by atoms with E-state index in [1.54, 1.807) is 17.1 Å². The van der Waals surface area contributed by atoms with Crippen molar-refractivity contribution in [1.29, 1.82) is 0 Å². The number of rotatable bonds is 5. The molecular formula is C10H15N7. The minimum Gasteiger partial charge on any atom is -0.368 e. The summed E-state index contributed by atoms with van der Waals surface area (Å²) in [6, 6.07) is 1.84. The molecule has 0 radical (unpaired) electrons. The molecule has 0 unspecified atom stereocenters. The van der Waals surface area contributed by atoms with Gasteiger partial charge in [-0.2, -0.15) is 4.98 Å². The van der Waals surface area contributed by atoms with Crippen molar-refractivity contribution in [2.24, 2.45) is 0 Å². The Bertz CT molecular complexity index is 451. The van der Waals surface area contributed by atoms with Crippen LogP contribution >= 0.6 is 0 Å². The third kappa shape index (κ3) is 3.13. The summed E-state index contributed by atoms with van der Waals surface area (Å²) in [7, 11) is 3.82. The highest BCUT2D eigenvalue weighted by molar-refractivity contribution is 5.40. The Morgan fingerprint density at radius 2 is 2.24 bits per heavy atom. The smallest absolute Gasteiger partial charge is 0.226 e. The van der Waals surface area contributed by atoms with Gasteiger partial charge in [-0.3, -0.25) is 4.68 Å². The Kier molecular flexibility index (Phi) is 3.49. The van der Waals surface area contributed by atoms with Crippen LogP contribution in [-0.4, -0.2) is 45.6 Å². The Labute approximate surface area is 99.5 Å². The second-order valence-electron chi connectivity index (χ2n) is 3.73. The molecule has 0 aromatic carbocycles. The summed E-state index contributed by atoms with van der Waals surface area (Å²) in [6.45, 7) is 1.49. The minimum absolute atomic E-state index is 0.691. The van der Waals surface area contributed by atoms with Crippen LogP contribution in [0.3, 0.4) is 0 Å². The maximum Gasteiger partial charge on any atom is 0.226 e.